The van der Waals surface area contributed by atoms with Gasteiger partial charge in [-0.2, -0.15) is 13.2 Å². The molecule has 4 N–H and O–H groups in total. The van der Waals surface area contributed by atoms with Crippen LogP contribution in [0.1, 0.15) is 11.1 Å². The van der Waals surface area contributed by atoms with Gasteiger partial charge in [0.1, 0.15) is 4.99 Å². The molecule has 1 amide bonds. The number of carbonyl (C=O) groups excluding carboxylic acids is 1. The molecule has 104 valence electrons. The number of primary amides is 1. The van der Waals surface area contributed by atoms with Crippen molar-refractivity contribution in [3.8, 4) is 0 Å². The number of hydrogen-bond donors (Lipinski definition) is 2. The molecule has 0 aromatic heterocycles. The largest absolute Gasteiger partial charge is 0.417 e. The van der Waals surface area contributed by atoms with Gasteiger partial charge < -0.3 is 16.4 Å². The first-order chi connectivity index (χ1) is 8.62. The van der Waals surface area contributed by atoms with Crippen LogP contribution in [-0.4, -0.2) is 24.5 Å². The van der Waals surface area contributed by atoms with Gasteiger partial charge in [0.05, 0.1) is 12.1 Å². The number of nitrogens with two attached hydrogens (primary N) is 2. The number of amides is 1. The maximum absolute atomic E-state index is 12.7. The molecule has 0 aliphatic rings. The topological polar surface area (TPSA) is 72.3 Å². The zero-order valence-electron chi connectivity index (χ0n) is 9.99. The molecule has 0 radical (unpaired) electrons. The predicted octanol–water partition coefficient (Wildman–Crippen LogP) is 1.26. The Bertz CT molecular complexity index is 516. The second-order valence-corrected chi connectivity index (χ2v) is 4.35. The van der Waals surface area contributed by atoms with Gasteiger partial charge in [-0.05, 0) is 18.2 Å². The average Bonchev–Trinajstić information content (AvgIpc) is 2.25. The highest BCUT2D eigenvalue weighted by Crippen LogP contribution is 2.33. The number of thiocarbonyl (C=S) groups is 1. The van der Waals surface area contributed by atoms with Crippen molar-refractivity contribution in [2.45, 2.75) is 6.18 Å². The van der Waals surface area contributed by atoms with Gasteiger partial charge in [0.15, 0.2) is 0 Å². The van der Waals surface area contributed by atoms with Gasteiger partial charge in [-0.1, -0.05) is 12.2 Å². The Hall–Kier alpha value is -1.83. The van der Waals surface area contributed by atoms with Crippen LogP contribution in [-0.2, 0) is 11.0 Å². The van der Waals surface area contributed by atoms with Gasteiger partial charge in [0.2, 0.25) is 5.91 Å². The lowest BCUT2D eigenvalue weighted by atomic mass is 10.1. The fraction of sp³-hybridized carbons (Fsp3) is 0.273. The normalized spacial score (nSPS) is 11.2. The van der Waals surface area contributed by atoms with Gasteiger partial charge >= 0.3 is 6.18 Å². The van der Waals surface area contributed by atoms with Crippen molar-refractivity contribution in [1.82, 2.24) is 0 Å². The molecule has 0 atom stereocenters. The first kappa shape index (κ1) is 15.2. The quantitative estimate of drug-likeness (QED) is 0.819. The van der Waals surface area contributed by atoms with E-state index in [0.717, 1.165) is 6.07 Å². The van der Waals surface area contributed by atoms with Crippen LogP contribution < -0.4 is 16.4 Å². The number of nitrogens with zero attached hydrogens (tertiary/aromatic N) is 1. The van der Waals surface area contributed by atoms with Crippen LogP contribution in [0.3, 0.4) is 0 Å². The summed E-state index contributed by atoms with van der Waals surface area (Å²) in [5.41, 5.74) is 9.50. The van der Waals surface area contributed by atoms with Crippen molar-refractivity contribution in [3.63, 3.8) is 0 Å². The van der Waals surface area contributed by atoms with Crippen molar-refractivity contribution in [1.29, 1.82) is 0 Å². The summed E-state index contributed by atoms with van der Waals surface area (Å²) < 4.78 is 38.2. The molecule has 0 heterocycles. The summed E-state index contributed by atoms with van der Waals surface area (Å²) in [7, 11) is 1.52. The fourth-order valence-electron chi connectivity index (χ4n) is 1.55. The molecule has 0 fully saturated rings. The lowest BCUT2D eigenvalue weighted by Crippen LogP contribution is -2.31. The van der Waals surface area contributed by atoms with E-state index in [1.165, 1.54) is 24.1 Å². The summed E-state index contributed by atoms with van der Waals surface area (Å²) in [6, 6.07) is 3.29. The Labute approximate surface area is 113 Å². The summed E-state index contributed by atoms with van der Waals surface area (Å²) in [5.74, 6) is -0.598. The maximum Gasteiger partial charge on any atom is 0.417 e. The van der Waals surface area contributed by atoms with Crippen molar-refractivity contribution in [3.05, 3.63) is 29.3 Å². The first-order valence-electron chi connectivity index (χ1n) is 5.13. The molecule has 0 saturated carbocycles. The molecule has 0 bridgehead atoms. The molecule has 0 spiro atoms. The first-order valence-corrected chi connectivity index (χ1v) is 5.54. The highest BCUT2D eigenvalue weighted by molar-refractivity contribution is 7.80. The average molecular weight is 291 g/mol. The number of alkyl halides is 3. The van der Waals surface area contributed by atoms with E-state index in [0.29, 0.717) is 5.69 Å². The predicted molar refractivity (Wildman–Crippen MR) is 69.8 cm³/mol. The summed E-state index contributed by atoms with van der Waals surface area (Å²) in [6.45, 7) is -0.123. The maximum atomic E-state index is 12.7. The number of rotatable bonds is 4. The molecule has 4 nitrogen and oxygen atoms in total. The number of halogens is 3. The van der Waals surface area contributed by atoms with Gasteiger partial charge in [-0.15, -0.1) is 0 Å². The number of likely N-dealkylation sites (N-methyl/N-ethyl adjacent to an activating group) is 1. The minimum Gasteiger partial charge on any atom is -0.389 e. The Morgan fingerprint density at radius 1 is 1.37 bits per heavy atom. The zero-order chi connectivity index (χ0) is 14.8. The smallest absolute Gasteiger partial charge is 0.389 e. The number of carbonyl (C=O) groups is 1. The summed E-state index contributed by atoms with van der Waals surface area (Å²) in [4.78, 5) is 11.8. The molecule has 1 aromatic rings. The molecule has 0 unspecified atom stereocenters. The second-order valence-electron chi connectivity index (χ2n) is 3.91. The molecule has 1 aromatic carbocycles. The zero-order valence-corrected chi connectivity index (χ0v) is 10.8. The van der Waals surface area contributed by atoms with Gasteiger partial charge in [-0.25, -0.2) is 0 Å². The van der Waals surface area contributed by atoms with Crippen LogP contribution in [0.5, 0.6) is 0 Å². The molecular weight excluding hydrogens is 279 g/mol. The molecule has 0 aliphatic carbocycles. The summed E-state index contributed by atoms with van der Waals surface area (Å²) in [5, 5.41) is 0. The fourth-order valence-corrected chi connectivity index (χ4v) is 1.71. The van der Waals surface area contributed by atoms with Crippen LogP contribution in [0.25, 0.3) is 0 Å². The van der Waals surface area contributed by atoms with E-state index in [2.05, 4.69) is 12.2 Å². The number of hydrogen-bond acceptors (Lipinski definition) is 3. The van der Waals surface area contributed by atoms with Crippen LogP contribution in [0.15, 0.2) is 18.2 Å². The Morgan fingerprint density at radius 2 is 1.95 bits per heavy atom. The minimum absolute atomic E-state index is 0.123. The van der Waals surface area contributed by atoms with Crippen molar-refractivity contribution in [2.24, 2.45) is 11.5 Å². The highest BCUT2D eigenvalue weighted by Gasteiger charge is 2.34. The molecular formula is C11H12F3N3OS. The molecule has 8 heteroatoms. The lowest BCUT2D eigenvalue weighted by Gasteiger charge is -2.20. The third-order valence-electron chi connectivity index (χ3n) is 2.41. The van der Waals surface area contributed by atoms with Crippen molar-refractivity contribution >= 4 is 28.8 Å². The van der Waals surface area contributed by atoms with Crippen LogP contribution in [0.2, 0.25) is 0 Å². The summed E-state index contributed by atoms with van der Waals surface area (Å²) >= 11 is 4.62. The SMILES string of the molecule is CN(CC(N)=O)c1ccc(C(F)(F)F)c(C(N)=S)c1. The Kier molecular flexibility index (Phi) is 4.35. The van der Waals surface area contributed by atoms with E-state index in [1.807, 2.05) is 0 Å². The minimum atomic E-state index is -4.54. The van der Waals surface area contributed by atoms with Gasteiger partial charge in [0, 0.05) is 18.3 Å². The van der Waals surface area contributed by atoms with E-state index in [4.69, 9.17) is 11.5 Å². The van der Waals surface area contributed by atoms with E-state index >= 15 is 0 Å². The number of benzene rings is 1. The summed E-state index contributed by atoms with van der Waals surface area (Å²) in [6.07, 6.45) is -4.54. The van der Waals surface area contributed by atoms with Gasteiger partial charge in [-0.3, -0.25) is 4.79 Å². The van der Waals surface area contributed by atoms with Crippen molar-refractivity contribution < 1.29 is 18.0 Å². The second kappa shape index (κ2) is 5.43. The monoisotopic (exact) mass is 291 g/mol. The van der Waals surface area contributed by atoms with E-state index in [1.54, 1.807) is 0 Å². The van der Waals surface area contributed by atoms with Crippen LogP contribution >= 0.6 is 12.2 Å². The van der Waals surface area contributed by atoms with Gasteiger partial charge in [0.25, 0.3) is 0 Å². The Balaban J connectivity index is 3.24. The van der Waals surface area contributed by atoms with Crippen molar-refractivity contribution in [2.75, 3.05) is 18.5 Å². The molecule has 19 heavy (non-hydrogen) atoms. The molecule has 0 aliphatic heterocycles. The van der Waals surface area contributed by atoms with E-state index in [9.17, 15) is 18.0 Å². The molecule has 0 saturated heterocycles. The Morgan fingerprint density at radius 3 is 2.37 bits per heavy atom. The third kappa shape index (κ3) is 3.82. The van der Waals surface area contributed by atoms with Crippen LogP contribution in [0.4, 0.5) is 18.9 Å². The lowest BCUT2D eigenvalue weighted by molar-refractivity contribution is -0.137. The number of anilines is 1. The van der Waals surface area contributed by atoms with E-state index in [-0.39, 0.29) is 17.1 Å². The standard InChI is InChI=1S/C11H12F3N3OS/c1-17(5-9(15)18)6-2-3-8(11(12,13)14)7(4-6)10(16)19/h2-4H,5H2,1H3,(H2,15,18)(H2,16,19). The third-order valence-corrected chi connectivity index (χ3v) is 2.63. The van der Waals surface area contributed by atoms with Crippen LogP contribution in [0, 0.1) is 0 Å². The van der Waals surface area contributed by atoms with E-state index < -0.39 is 17.6 Å². The highest BCUT2D eigenvalue weighted by atomic mass is 32.1. The molecule has 1 rings (SSSR count).